The minimum Gasteiger partial charge on any atom is -0.453 e. The predicted octanol–water partition coefficient (Wildman–Crippen LogP) is 2.17. The van der Waals surface area contributed by atoms with Gasteiger partial charge in [-0.2, -0.15) is 4.72 Å². The lowest BCUT2D eigenvalue weighted by Gasteiger charge is -2.13. The minimum atomic E-state index is -4.01. The molecule has 2 heterocycles. The molecule has 1 atom stereocenters. The predicted molar refractivity (Wildman–Crippen MR) is 104 cm³/mol. The van der Waals surface area contributed by atoms with E-state index in [-0.39, 0.29) is 22.1 Å². The summed E-state index contributed by atoms with van der Waals surface area (Å²) in [4.78, 5) is 27.9. The Morgan fingerprint density at radius 1 is 1.24 bits per heavy atom. The molecule has 9 nitrogen and oxygen atoms in total. The molecule has 0 radical (unpaired) electrons. The topological polar surface area (TPSA) is 131 Å². The average molecular weight is 419 g/mol. The molecular weight excluding hydrogens is 398 g/mol. The number of ether oxygens (including phenoxy) is 1. The maximum absolute atomic E-state index is 12.8. The summed E-state index contributed by atoms with van der Waals surface area (Å²) in [6.45, 7) is 5.52. The van der Waals surface area contributed by atoms with Crippen LogP contribution in [-0.2, 0) is 19.6 Å². The van der Waals surface area contributed by atoms with Gasteiger partial charge in [-0.25, -0.2) is 8.42 Å². The number of esters is 1. The molecule has 10 heteroatoms. The lowest BCUT2D eigenvalue weighted by Crippen LogP contribution is -2.34. The normalized spacial score (nSPS) is 12.8. The van der Waals surface area contributed by atoms with Crippen molar-refractivity contribution in [3.8, 4) is 0 Å². The number of Topliss-reactive ketones (excluding diaryl/α,β-unsaturated/α-hetero) is 1. The van der Waals surface area contributed by atoms with Gasteiger partial charge >= 0.3 is 5.97 Å². The second kappa shape index (κ2) is 7.80. The van der Waals surface area contributed by atoms with E-state index in [0.29, 0.717) is 11.3 Å². The van der Waals surface area contributed by atoms with Crippen LogP contribution in [0.1, 0.15) is 34.4 Å². The molecule has 3 rings (SSSR count). The second-order valence-corrected chi connectivity index (χ2v) is 8.35. The van der Waals surface area contributed by atoms with Gasteiger partial charge in [-0.05, 0) is 33.8 Å². The fourth-order valence-electron chi connectivity index (χ4n) is 3.17. The van der Waals surface area contributed by atoms with Crippen LogP contribution in [0.25, 0.3) is 10.9 Å². The Hall–Kier alpha value is -2.98. The van der Waals surface area contributed by atoms with E-state index < -0.39 is 28.6 Å². The van der Waals surface area contributed by atoms with Crippen molar-refractivity contribution in [2.24, 2.45) is 0 Å². The molecule has 0 aliphatic rings. The van der Waals surface area contributed by atoms with Crippen LogP contribution in [-0.4, -0.2) is 43.0 Å². The number of benzene rings is 1. The van der Waals surface area contributed by atoms with Gasteiger partial charge in [0.05, 0.1) is 0 Å². The summed E-state index contributed by atoms with van der Waals surface area (Å²) in [6, 6.07) is 7.31. The van der Waals surface area contributed by atoms with Gasteiger partial charge in [0, 0.05) is 22.2 Å². The van der Waals surface area contributed by atoms with Gasteiger partial charge in [0.1, 0.15) is 17.1 Å². The number of hydrogen-bond acceptors (Lipinski definition) is 7. The number of carbonyl (C=O) groups is 2. The third-order valence-electron chi connectivity index (χ3n) is 4.46. The van der Waals surface area contributed by atoms with E-state index in [4.69, 9.17) is 9.26 Å². The Bertz CT molecular complexity index is 1170. The Balaban J connectivity index is 1.67. The maximum atomic E-state index is 12.8. The molecule has 1 aromatic carbocycles. The van der Waals surface area contributed by atoms with E-state index in [1.54, 1.807) is 13.0 Å². The molecule has 29 heavy (non-hydrogen) atoms. The molecule has 154 valence electrons. The van der Waals surface area contributed by atoms with Crippen LogP contribution in [0.5, 0.6) is 0 Å². The number of nitrogens with one attached hydrogen (secondary N) is 2. The number of aromatic nitrogens is 2. The molecule has 0 unspecified atom stereocenters. The largest absolute Gasteiger partial charge is 0.453 e. The summed E-state index contributed by atoms with van der Waals surface area (Å²) >= 11 is 0. The van der Waals surface area contributed by atoms with Crippen LogP contribution >= 0.6 is 0 Å². The summed E-state index contributed by atoms with van der Waals surface area (Å²) in [5.41, 5.74) is 2.09. The van der Waals surface area contributed by atoms with E-state index >= 15 is 0 Å². The molecule has 0 amide bonds. The van der Waals surface area contributed by atoms with Crippen LogP contribution in [0.4, 0.5) is 0 Å². The lowest BCUT2D eigenvalue weighted by atomic mass is 10.0. The van der Waals surface area contributed by atoms with Crippen molar-refractivity contribution in [1.82, 2.24) is 14.9 Å². The number of aryl methyl sites for hydroxylation is 3. The van der Waals surface area contributed by atoms with Gasteiger partial charge in [0.15, 0.2) is 11.9 Å². The van der Waals surface area contributed by atoms with Crippen molar-refractivity contribution >= 4 is 32.7 Å². The fraction of sp³-hybridized carbons (Fsp3) is 0.316. The summed E-state index contributed by atoms with van der Waals surface area (Å²) < 4.78 is 36.8. The van der Waals surface area contributed by atoms with Crippen LogP contribution in [0.15, 0.2) is 33.7 Å². The summed E-state index contributed by atoms with van der Waals surface area (Å²) in [7, 11) is -4.01. The number of ketones is 1. The Morgan fingerprint density at radius 2 is 1.93 bits per heavy atom. The van der Waals surface area contributed by atoms with Crippen LogP contribution < -0.4 is 4.72 Å². The summed E-state index contributed by atoms with van der Waals surface area (Å²) in [5.74, 6) is -1.14. The van der Waals surface area contributed by atoms with Gasteiger partial charge in [-0.15, -0.1) is 0 Å². The van der Waals surface area contributed by atoms with Crippen LogP contribution in [0.2, 0.25) is 0 Å². The van der Waals surface area contributed by atoms with Crippen molar-refractivity contribution < 1.29 is 27.3 Å². The molecule has 0 saturated heterocycles. The molecule has 0 fully saturated rings. The standard InChI is InChI=1S/C19H21N3O6S/c1-10-17(14-7-5-6-8-15(14)21-10)18(24)12(3)27-16(23)9-20-29(25,26)19-11(2)22-28-13(19)4/h5-8,12,20-21H,9H2,1-4H3/t12-/m1/s1. The molecule has 2 N–H and O–H groups in total. The number of hydrogen-bond donors (Lipinski definition) is 2. The number of rotatable bonds is 7. The van der Waals surface area contributed by atoms with E-state index in [0.717, 1.165) is 10.9 Å². The van der Waals surface area contributed by atoms with E-state index in [9.17, 15) is 18.0 Å². The smallest absolute Gasteiger partial charge is 0.321 e. The number of carbonyl (C=O) groups excluding carboxylic acids is 2. The van der Waals surface area contributed by atoms with Gasteiger partial charge in [-0.3, -0.25) is 9.59 Å². The number of fused-ring (bicyclic) bond motifs is 1. The first-order chi connectivity index (χ1) is 13.6. The van der Waals surface area contributed by atoms with Crippen LogP contribution in [0, 0.1) is 20.8 Å². The SMILES string of the molecule is Cc1noc(C)c1S(=O)(=O)NCC(=O)O[C@H](C)C(=O)c1c(C)[nH]c2ccccc12. The van der Waals surface area contributed by atoms with Gasteiger partial charge in [0.25, 0.3) is 0 Å². The van der Waals surface area contributed by atoms with Gasteiger partial charge < -0.3 is 14.2 Å². The van der Waals surface area contributed by atoms with Crippen molar-refractivity contribution in [3.63, 3.8) is 0 Å². The van der Waals surface area contributed by atoms with E-state index in [2.05, 4.69) is 14.9 Å². The molecule has 0 aliphatic carbocycles. The monoisotopic (exact) mass is 419 g/mol. The summed E-state index contributed by atoms with van der Waals surface area (Å²) in [6.07, 6.45) is -1.08. The fourth-order valence-corrected chi connectivity index (χ4v) is 4.47. The first-order valence-corrected chi connectivity index (χ1v) is 10.3. The number of para-hydroxylation sites is 1. The molecule has 3 aromatic rings. The molecule has 0 aliphatic heterocycles. The van der Waals surface area contributed by atoms with Crippen LogP contribution in [0.3, 0.4) is 0 Å². The highest BCUT2D eigenvalue weighted by molar-refractivity contribution is 7.89. The van der Waals surface area contributed by atoms with Crippen molar-refractivity contribution in [1.29, 1.82) is 0 Å². The number of H-pyrrole nitrogens is 1. The second-order valence-electron chi connectivity index (χ2n) is 6.64. The summed E-state index contributed by atoms with van der Waals surface area (Å²) in [5, 5.41) is 4.32. The molecule has 0 saturated carbocycles. The quantitative estimate of drug-likeness (QED) is 0.443. The van der Waals surface area contributed by atoms with Gasteiger partial charge in [-0.1, -0.05) is 23.4 Å². The first kappa shape index (κ1) is 20.7. The van der Waals surface area contributed by atoms with Gasteiger partial charge in [0.2, 0.25) is 15.8 Å². The molecular formula is C19H21N3O6S. The third kappa shape index (κ3) is 4.08. The zero-order valence-corrected chi connectivity index (χ0v) is 17.2. The highest BCUT2D eigenvalue weighted by Crippen LogP contribution is 2.24. The zero-order chi connectivity index (χ0) is 21.3. The number of aromatic amines is 1. The van der Waals surface area contributed by atoms with E-state index in [1.807, 2.05) is 18.2 Å². The Labute approximate surface area is 167 Å². The highest BCUT2D eigenvalue weighted by atomic mass is 32.2. The van der Waals surface area contributed by atoms with Crippen molar-refractivity contribution in [2.75, 3.05) is 6.54 Å². The lowest BCUT2D eigenvalue weighted by molar-refractivity contribution is -0.144. The zero-order valence-electron chi connectivity index (χ0n) is 16.4. The average Bonchev–Trinajstić information content (AvgIpc) is 3.17. The Kier molecular flexibility index (Phi) is 5.58. The highest BCUT2D eigenvalue weighted by Gasteiger charge is 2.27. The number of nitrogens with zero attached hydrogens (tertiary/aromatic N) is 1. The van der Waals surface area contributed by atoms with E-state index in [1.165, 1.54) is 20.8 Å². The minimum absolute atomic E-state index is 0.113. The third-order valence-corrected chi connectivity index (χ3v) is 6.11. The van der Waals surface area contributed by atoms with Crippen molar-refractivity contribution in [3.05, 3.63) is 47.0 Å². The Morgan fingerprint density at radius 3 is 2.59 bits per heavy atom. The number of sulfonamides is 1. The maximum Gasteiger partial charge on any atom is 0.321 e. The molecule has 2 aromatic heterocycles. The van der Waals surface area contributed by atoms with Crippen molar-refractivity contribution in [2.45, 2.75) is 38.7 Å². The first-order valence-electron chi connectivity index (χ1n) is 8.85. The molecule has 0 spiro atoms. The molecule has 0 bridgehead atoms.